The number of hydrogen-bond donors (Lipinski definition) is 2. The second kappa shape index (κ2) is 11.2. The second-order valence-corrected chi connectivity index (χ2v) is 8.22. The minimum absolute atomic E-state index is 0. The number of anilines is 1. The Bertz CT molecular complexity index is 1020. The first kappa shape index (κ1) is 29.2. The number of carboxylic acid groups (broad SMARTS) is 1. The molecule has 2 aromatic carbocycles. The number of benzene rings is 2. The first-order valence-electron chi connectivity index (χ1n) is 7.81. The largest absolute Gasteiger partial charge is 0.478 e. The molecule has 0 heterocycles. The molecule has 0 aromatic heterocycles. The van der Waals surface area contributed by atoms with E-state index in [0.29, 0.717) is 0 Å². The summed E-state index contributed by atoms with van der Waals surface area (Å²) in [6.07, 6.45) is 0. The van der Waals surface area contributed by atoms with E-state index in [-0.39, 0.29) is 22.4 Å². The molecule has 2 rings (SSSR count). The SMILES string of the molecule is CC(C)(C)OC(=O)c1cc(Br)c(F)c(F)c1Cl.Cl.Nc1cc(C(=O)O)c(Cl)c(F)c1F. The summed E-state index contributed by atoms with van der Waals surface area (Å²) in [6, 6.07) is 1.86. The van der Waals surface area contributed by atoms with Crippen molar-refractivity contribution in [2.24, 2.45) is 0 Å². The van der Waals surface area contributed by atoms with E-state index >= 15 is 0 Å². The summed E-state index contributed by atoms with van der Waals surface area (Å²) >= 11 is 13.6. The van der Waals surface area contributed by atoms with Crippen LogP contribution >= 0.6 is 51.5 Å². The molecule has 31 heavy (non-hydrogen) atoms. The molecule has 0 spiro atoms. The minimum Gasteiger partial charge on any atom is -0.478 e. The van der Waals surface area contributed by atoms with Gasteiger partial charge in [-0.2, -0.15) is 0 Å². The molecule has 0 bridgehead atoms. The summed E-state index contributed by atoms with van der Waals surface area (Å²) < 4.78 is 56.7. The van der Waals surface area contributed by atoms with Crippen LogP contribution in [0.5, 0.6) is 0 Å². The van der Waals surface area contributed by atoms with Gasteiger partial charge in [-0.1, -0.05) is 23.2 Å². The van der Waals surface area contributed by atoms with Gasteiger partial charge in [0, 0.05) is 0 Å². The molecule has 0 amide bonds. The van der Waals surface area contributed by atoms with Crippen LogP contribution in [0.3, 0.4) is 0 Å². The molecule has 0 aliphatic carbocycles. The number of carbonyl (C=O) groups excluding carboxylic acids is 1. The van der Waals surface area contributed by atoms with Crippen molar-refractivity contribution >= 4 is 69.2 Å². The van der Waals surface area contributed by atoms with Gasteiger partial charge in [-0.3, -0.25) is 0 Å². The van der Waals surface area contributed by atoms with Crippen molar-refractivity contribution < 1.29 is 37.0 Å². The van der Waals surface area contributed by atoms with Crippen LogP contribution in [0.15, 0.2) is 16.6 Å². The molecular formula is C18H15BrCl3F4NO4. The van der Waals surface area contributed by atoms with Crippen LogP contribution in [0.2, 0.25) is 10.0 Å². The molecule has 0 aliphatic heterocycles. The van der Waals surface area contributed by atoms with Crippen LogP contribution in [0.25, 0.3) is 0 Å². The monoisotopic (exact) mass is 569 g/mol. The second-order valence-electron chi connectivity index (χ2n) is 6.61. The maximum Gasteiger partial charge on any atom is 0.340 e. The molecule has 5 nitrogen and oxygen atoms in total. The molecule has 2 aromatic rings. The van der Waals surface area contributed by atoms with E-state index in [4.69, 9.17) is 38.8 Å². The van der Waals surface area contributed by atoms with Crippen LogP contribution < -0.4 is 5.73 Å². The van der Waals surface area contributed by atoms with Gasteiger partial charge in [0.1, 0.15) is 5.60 Å². The van der Waals surface area contributed by atoms with E-state index in [0.717, 1.165) is 12.1 Å². The van der Waals surface area contributed by atoms with Gasteiger partial charge in [0.05, 0.1) is 31.3 Å². The fourth-order valence-corrected chi connectivity index (χ4v) is 2.67. The van der Waals surface area contributed by atoms with E-state index in [9.17, 15) is 27.2 Å². The zero-order valence-electron chi connectivity index (χ0n) is 16.0. The number of ether oxygens (including phenoxy) is 1. The average molecular weight is 572 g/mol. The molecule has 0 radical (unpaired) electrons. The Labute approximate surface area is 199 Å². The highest BCUT2D eigenvalue weighted by molar-refractivity contribution is 9.10. The van der Waals surface area contributed by atoms with E-state index in [1.54, 1.807) is 20.8 Å². The van der Waals surface area contributed by atoms with E-state index in [2.05, 4.69) is 15.9 Å². The third-order valence-corrected chi connectivity index (χ3v) is 4.44. The molecule has 0 saturated carbocycles. The van der Waals surface area contributed by atoms with Crippen molar-refractivity contribution in [3.05, 3.63) is 61.0 Å². The highest BCUT2D eigenvalue weighted by Crippen LogP contribution is 2.30. The topological polar surface area (TPSA) is 89.6 Å². The number of esters is 1. The predicted octanol–water partition coefficient (Wildman–Crippen LogP) is 6.66. The van der Waals surface area contributed by atoms with Crippen molar-refractivity contribution in [2.75, 3.05) is 5.73 Å². The Morgan fingerprint density at radius 3 is 1.87 bits per heavy atom. The van der Waals surface area contributed by atoms with Crippen LogP contribution in [-0.4, -0.2) is 22.6 Å². The molecule has 13 heteroatoms. The maximum absolute atomic E-state index is 13.3. The van der Waals surface area contributed by atoms with E-state index < -0.39 is 62.1 Å². The summed E-state index contributed by atoms with van der Waals surface area (Å²) in [7, 11) is 0. The average Bonchev–Trinajstić information content (AvgIpc) is 2.63. The predicted molar refractivity (Wildman–Crippen MR) is 114 cm³/mol. The number of rotatable bonds is 2. The molecule has 0 unspecified atom stereocenters. The standard InChI is InChI=1S/C11H10BrClF2O2.C7H4ClF2NO2.ClH/c1-11(2,3)17-10(16)5-4-6(12)8(14)9(15)7(5)13;8-4-2(7(12)13)1-3(11)5(9)6(4)10;/h4H,1-3H3;1H,11H2,(H,12,13);1H. The first-order valence-corrected chi connectivity index (χ1v) is 9.36. The first-order chi connectivity index (χ1) is 13.6. The quantitative estimate of drug-likeness (QED) is 0.138. The molecule has 172 valence electrons. The molecule has 0 aliphatic rings. The Kier molecular flexibility index (Phi) is 10.6. The van der Waals surface area contributed by atoms with Crippen molar-refractivity contribution in [1.29, 1.82) is 0 Å². The number of hydrogen-bond acceptors (Lipinski definition) is 4. The van der Waals surface area contributed by atoms with Crippen LogP contribution in [0.1, 0.15) is 41.5 Å². The Hall–Kier alpha value is -1.75. The van der Waals surface area contributed by atoms with Gasteiger partial charge in [-0.25, -0.2) is 27.2 Å². The van der Waals surface area contributed by atoms with Gasteiger partial charge >= 0.3 is 11.9 Å². The Morgan fingerprint density at radius 1 is 0.968 bits per heavy atom. The van der Waals surface area contributed by atoms with Gasteiger partial charge in [0.15, 0.2) is 23.3 Å². The van der Waals surface area contributed by atoms with Gasteiger partial charge in [-0.15, -0.1) is 12.4 Å². The minimum atomic E-state index is -1.46. The molecular weight excluding hydrogens is 556 g/mol. The number of nitrogens with two attached hydrogens (primary N) is 1. The normalized spacial score (nSPS) is 10.5. The fraction of sp³-hybridized carbons (Fsp3) is 0.222. The van der Waals surface area contributed by atoms with Crippen LogP contribution in [-0.2, 0) is 4.74 Å². The van der Waals surface area contributed by atoms with E-state index in [1.807, 2.05) is 0 Å². The third-order valence-electron chi connectivity index (χ3n) is 3.13. The molecule has 0 fully saturated rings. The Balaban J connectivity index is 0.000000581. The van der Waals surface area contributed by atoms with Crippen molar-refractivity contribution in [2.45, 2.75) is 26.4 Å². The number of halogens is 8. The van der Waals surface area contributed by atoms with Crippen molar-refractivity contribution in [1.82, 2.24) is 0 Å². The summed E-state index contributed by atoms with van der Waals surface area (Å²) in [5.74, 6) is -7.46. The molecule has 3 N–H and O–H groups in total. The van der Waals surface area contributed by atoms with Crippen LogP contribution in [0, 0.1) is 23.3 Å². The fourth-order valence-electron chi connectivity index (χ4n) is 1.83. The van der Waals surface area contributed by atoms with Crippen LogP contribution in [0.4, 0.5) is 23.2 Å². The lowest BCUT2D eigenvalue weighted by molar-refractivity contribution is 0.00688. The number of nitrogen functional groups attached to an aromatic ring is 1. The lowest BCUT2D eigenvalue weighted by atomic mass is 10.1. The summed E-state index contributed by atoms with van der Waals surface area (Å²) in [4.78, 5) is 22.1. The summed E-state index contributed by atoms with van der Waals surface area (Å²) in [5.41, 5.74) is 2.90. The lowest BCUT2D eigenvalue weighted by Gasteiger charge is -2.20. The zero-order chi connectivity index (χ0) is 23.5. The smallest absolute Gasteiger partial charge is 0.340 e. The van der Waals surface area contributed by atoms with Gasteiger partial charge < -0.3 is 15.6 Å². The highest BCUT2D eigenvalue weighted by atomic mass is 79.9. The van der Waals surface area contributed by atoms with E-state index in [1.165, 1.54) is 0 Å². The van der Waals surface area contributed by atoms with Gasteiger partial charge in [-0.05, 0) is 48.8 Å². The number of aromatic carboxylic acids is 1. The van der Waals surface area contributed by atoms with Gasteiger partial charge in [0.2, 0.25) is 0 Å². The highest BCUT2D eigenvalue weighted by Gasteiger charge is 2.25. The number of carbonyl (C=O) groups is 2. The summed E-state index contributed by atoms with van der Waals surface area (Å²) in [6.45, 7) is 4.98. The van der Waals surface area contributed by atoms with Crippen molar-refractivity contribution in [3.8, 4) is 0 Å². The lowest BCUT2D eigenvalue weighted by Crippen LogP contribution is -2.24. The maximum atomic E-state index is 13.3. The molecule has 0 atom stereocenters. The zero-order valence-corrected chi connectivity index (χ0v) is 19.9. The number of carboxylic acids is 1. The van der Waals surface area contributed by atoms with Gasteiger partial charge in [0.25, 0.3) is 0 Å². The van der Waals surface area contributed by atoms with Crippen molar-refractivity contribution in [3.63, 3.8) is 0 Å². The third kappa shape index (κ3) is 7.41. The molecule has 0 saturated heterocycles. The summed E-state index contributed by atoms with van der Waals surface area (Å²) in [5, 5.41) is 7.11. The Morgan fingerprint density at radius 2 is 1.42 bits per heavy atom.